The first-order chi connectivity index (χ1) is 10.7. The molecule has 0 N–H and O–H groups in total. The van der Waals surface area contributed by atoms with Gasteiger partial charge in [-0.15, -0.1) is 0 Å². The molecule has 4 nitrogen and oxygen atoms in total. The highest BCUT2D eigenvalue weighted by Gasteiger charge is 2.20. The van der Waals surface area contributed by atoms with Crippen molar-refractivity contribution in [1.29, 1.82) is 0 Å². The Balaban J connectivity index is 2.55. The van der Waals surface area contributed by atoms with Gasteiger partial charge in [0, 0.05) is 13.0 Å². The van der Waals surface area contributed by atoms with Gasteiger partial charge >= 0.3 is 5.97 Å². The van der Waals surface area contributed by atoms with E-state index in [4.69, 9.17) is 14.2 Å². The molecule has 4 heteroatoms. The van der Waals surface area contributed by atoms with Crippen LogP contribution in [0.2, 0.25) is 0 Å². The van der Waals surface area contributed by atoms with Crippen LogP contribution < -0.4 is 4.74 Å². The van der Waals surface area contributed by atoms with Crippen molar-refractivity contribution in [2.24, 2.45) is 0 Å². The van der Waals surface area contributed by atoms with Crippen molar-refractivity contribution < 1.29 is 19.0 Å². The topological polar surface area (TPSA) is 44.8 Å². The fraction of sp³-hybridized carbons (Fsp3) is 0.611. The van der Waals surface area contributed by atoms with Crippen LogP contribution in [0.1, 0.15) is 45.6 Å². The number of hydrogen-bond donors (Lipinski definition) is 0. The lowest BCUT2D eigenvalue weighted by Gasteiger charge is -2.16. The summed E-state index contributed by atoms with van der Waals surface area (Å²) in [6.07, 6.45) is 2.97. The van der Waals surface area contributed by atoms with Gasteiger partial charge in [-0.05, 0) is 37.5 Å². The number of rotatable bonds is 11. The number of hydrogen-bond acceptors (Lipinski definition) is 4. The third kappa shape index (κ3) is 6.94. The van der Waals surface area contributed by atoms with E-state index in [9.17, 15) is 4.79 Å². The van der Waals surface area contributed by atoms with Crippen LogP contribution in [0.25, 0.3) is 0 Å². The molecule has 1 atom stereocenters. The van der Waals surface area contributed by atoms with Gasteiger partial charge in [-0.2, -0.15) is 0 Å². The summed E-state index contributed by atoms with van der Waals surface area (Å²) in [4.78, 5) is 12.0. The van der Waals surface area contributed by atoms with Crippen LogP contribution in [0, 0.1) is 0 Å². The minimum atomic E-state index is -0.539. The fourth-order valence-electron chi connectivity index (χ4n) is 1.98. The summed E-state index contributed by atoms with van der Waals surface area (Å²) in [6.45, 7) is 7.65. The SMILES string of the molecule is CCCCOc1ccc(C[C@H](OCC)C(=O)OCCC)cc1. The predicted molar refractivity (Wildman–Crippen MR) is 87.2 cm³/mol. The zero-order valence-electron chi connectivity index (χ0n) is 14.0. The summed E-state index contributed by atoms with van der Waals surface area (Å²) < 4.78 is 16.3. The van der Waals surface area contributed by atoms with E-state index in [1.54, 1.807) is 0 Å². The van der Waals surface area contributed by atoms with Crippen LogP contribution >= 0.6 is 0 Å². The standard InChI is InChI=1S/C18H28O4/c1-4-7-13-21-16-10-8-15(9-11-16)14-17(20-6-3)18(19)22-12-5-2/h8-11,17H,4-7,12-14H2,1-3H3/t17-/m0/s1. The molecule has 1 aromatic rings. The van der Waals surface area contributed by atoms with Crippen LogP contribution in [-0.2, 0) is 20.7 Å². The minimum absolute atomic E-state index is 0.285. The first-order valence-corrected chi connectivity index (χ1v) is 8.21. The van der Waals surface area contributed by atoms with E-state index in [1.165, 1.54) is 0 Å². The van der Waals surface area contributed by atoms with E-state index in [0.717, 1.165) is 37.2 Å². The second-order valence-corrected chi connectivity index (χ2v) is 5.16. The van der Waals surface area contributed by atoms with E-state index in [2.05, 4.69) is 6.92 Å². The fourth-order valence-corrected chi connectivity index (χ4v) is 1.98. The highest BCUT2D eigenvalue weighted by molar-refractivity contribution is 5.75. The molecule has 0 aliphatic heterocycles. The molecule has 1 aromatic carbocycles. The van der Waals surface area contributed by atoms with Crippen molar-refractivity contribution in [2.45, 2.75) is 52.6 Å². The number of unbranched alkanes of at least 4 members (excludes halogenated alkanes) is 1. The zero-order valence-corrected chi connectivity index (χ0v) is 14.0. The highest BCUT2D eigenvalue weighted by atomic mass is 16.6. The Bertz CT molecular complexity index is 414. The molecule has 0 spiro atoms. The van der Waals surface area contributed by atoms with Crippen molar-refractivity contribution in [3.63, 3.8) is 0 Å². The largest absolute Gasteiger partial charge is 0.494 e. The molecule has 22 heavy (non-hydrogen) atoms. The van der Waals surface area contributed by atoms with Crippen molar-refractivity contribution in [2.75, 3.05) is 19.8 Å². The molecule has 0 aromatic heterocycles. The molecule has 0 amide bonds. The van der Waals surface area contributed by atoms with E-state index < -0.39 is 6.10 Å². The second-order valence-electron chi connectivity index (χ2n) is 5.16. The summed E-state index contributed by atoms with van der Waals surface area (Å²) in [7, 11) is 0. The van der Waals surface area contributed by atoms with Gasteiger partial charge in [0.2, 0.25) is 0 Å². The lowest BCUT2D eigenvalue weighted by molar-refractivity contribution is -0.156. The summed E-state index contributed by atoms with van der Waals surface area (Å²) in [5.41, 5.74) is 1.04. The first kappa shape index (κ1) is 18.5. The van der Waals surface area contributed by atoms with Gasteiger partial charge in [-0.1, -0.05) is 32.4 Å². The van der Waals surface area contributed by atoms with Gasteiger partial charge in [0.25, 0.3) is 0 Å². The molecule has 0 radical (unpaired) electrons. The smallest absolute Gasteiger partial charge is 0.335 e. The average molecular weight is 308 g/mol. The number of ether oxygens (including phenoxy) is 3. The Hall–Kier alpha value is -1.55. The van der Waals surface area contributed by atoms with E-state index in [1.807, 2.05) is 38.1 Å². The van der Waals surface area contributed by atoms with Crippen LogP contribution in [0.5, 0.6) is 5.75 Å². The number of carbonyl (C=O) groups excluding carboxylic acids is 1. The Labute approximate surface area is 133 Å². The summed E-state index contributed by atoms with van der Waals surface area (Å²) in [5.74, 6) is 0.575. The monoisotopic (exact) mass is 308 g/mol. The quantitative estimate of drug-likeness (QED) is 0.461. The van der Waals surface area contributed by atoms with Crippen LogP contribution in [0.3, 0.4) is 0 Å². The van der Waals surface area contributed by atoms with E-state index >= 15 is 0 Å². The first-order valence-electron chi connectivity index (χ1n) is 8.21. The Kier molecular flexibility index (Phi) is 9.31. The lowest BCUT2D eigenvalue weighted by Crippen LogP contribution is -2.29. The third-order valence-electron chi connectivity index (χ3n) is 3.19. The van der Waals surface area contributed by atoms with Crippen molar-refractivity contribution in [3.8, 4) is 5.75 Å². The van der Waals surface area contributed by atoms with Crippen LogP contribution in [0.4, 0.5) is 0 Å². The minimum Gasteiger partial charge on any atom is -0.494 e. The normalized spacial score (nSPS) is 12.0. The maximum atomic E-state index is 12.0. The Morgan fingerprint density at radius 2 is 1.77 bits per heavy atom. The number of benzene rings is 1. The van der Waals surface area contributed by atoms with Crippen molar-refractivity contribution in [1.82, 2.24) is 0 Å². The number of carbonyl (C=O) groups is 1. The van der Waals surface area contributed by atoms with Gasteiger partial charge in [-0.25, -0.2) is 4.79 Å². The molecule has 0 saturated heterocycles. The van der Waals surface area contributed by atoms with Gasteiger partial charge in [0.15, 0.2) is 6.10 Å². The Morgan fingerprint density at radius 3 is 2.36 bits per heavy atom. The zero-order chi connectivity index (χ0) is 16.2. The molecule has 0 bridgehead atoms. The van der Waals surface area contributed by atoms with E-state index in [0.29, 0.717) is 19.6 Å². The average Bonchev–Trinajstić information content (AvgIpc) is 2.54. The molecule has 0 fully saturated rings. The van der Waals surface area contributed by atoms with Crippen molar-refractivity contribution >= 4 is 5.97 Å². The predicted octanol–water partition coefficient (Wildman–Crippen LogP) is 3.77. The van der Waals surface area contributed by atoms with Gasteiger partial charge in [0.1, 0.15) is 5.75 Å². The highest BCUT2D eigenvalue weighted by Crippen LogP contribution is 2.15. The molecule has 0 saturated carbocycles. The van der Waals surface area contributed by atoms with E-state index in [-0.39, 0.29) is 5.97 Å². The van der Waals surface area contributed by atoms with Gasteiger partial charge in [0.05, 0.1) is 13.2 Å². The Morgan fingerprint density at radius 1 is 1.05 bits per heavy atom. The summed E-state index contributed by atoms with van der Waals surface area (Å²) in [5, 5.41) is 0. The number of esters is 1. The third-order valence-corrected chi connectivity index (χ3v) is 3.19. The molecule has 0 heterocycles. The summed E-state index contributed by atoms with van der Waals surface area (Å²) in [6, 6.07) is 7.82. The molecule has 0 unspecified atom stereocenters. The molecule has 0 aliphatic carbocycles. The van der Waals surface area contributed by atoms with Crippen molar-refractivity contribution in [3.05, 3.63) is 29.8 Å². The van der Waals surface area contributed by atoms with Gasteiger partial charge in [-0.3, -0.25) is 0 Å². The van der Waals surface area contributed by atoms with Gasteiger partial charge < -0.3 is 14.2 Å². The summed E-state index contributed by atoms with van der Waals surface area (Å²) >= 11 is 0. The molecular formula is C18H28O4. The lowest BCUT2D eigenvalue weighted by atomic mass is 10.1. The molecule has 0 aliphatic rings. The van der Waals surface area contributed by atoms with Crippen LogP contribution in [-0.4, -0.2) is 31.9 Å². The van der Waals surface area contributed by atoms with Crippen LogP contribution in [0.15, 0.2) is 24.3 Å². The maximum Gasteiger partial charge on any atom is 0.335 e. The second kappa shape index (κ2) is 11.1. The molecule has 1 rings (SSSR count). The molecule has 124 valence electrons. The molecular weight excluding hydrogens is 280 g/mol. The maximum absolute atomic E-state index is 12.0.